The van der Waals surface area contributed by atoms with Crippen LogP contribution in [0.3, 0.4) is 0 Å². The molecule has 0 bridgehead atoms. The first-order valence-electron chi connectivity index (χ1n) is 6.79. The summed E-state index contributed by atoms with van der Waals surface area (Å²) >= 11 is 3.45. The highest BCUT2D eigenvalue weighted by atomic mass is 79.9. The molecule has 2 atom stereocenters. The van der Waals surface area contributed by atoms with Crippen molar-refractivity contribution in [1.82, 2.24) is 0 Å². The van der Waals surface area contributed by atoms with Crippen LogP contribution in [0.2, 0.25) is 0 Å². The largest absolute Gasteiger partial charge is 0.444 e. The van der Waals surface area contributed by atoms with Crippen LogP contribution in [0.4, 0.5) is 10.5 Å². The fourth-order valence-corrected chi connectivity index (χ4v) is 2.54. The van der Waals surface area contributed by atoms with Crippen LogP contribution in [-0.4, -0.2) is 18.2 Å². The average Bonchev–Trinajstić information content (AvgIpc) is 3.09. The summed E-state index contributed by atoms with van der Waals surface area (Å²) in [4.78, 5) is 11.8. The third kappa shape index (κ3) is 3.96. The van der Waals surface area contributed by atoms with E-state index in [1.807, 2.05) is 32.9 Å². The summed E-state index contributed by atoms with van der Waals surface area (Å²) in [5.41, 5.74) is 7.13. The molecule has 0 saturated heterocycles. The van der Waals surface area contributed by atoms with Crippen molar-refractivity contribution in [2.75, 3.05) is 11.9 Å². The van der Waals surface area contributed by atoms with Gasteiger partial charge < -0.3 is 10.5 Å². The molecule has 0 spiro atoms. The highest BCUT2D eigenvalue weighted by Gasteiger charge is 2.37. The van der Waals surface area contributed by atoms with Gasteiger partial charge in [-0.3, -0.25) is 5.32 Å². The molecule has 110 valence electrons. The van der Waals surface area contributed by atoms with E-state index >= 15 is 0 Å². The Balaban J connectivity index is 2.07. The second kappa shape index (κ2) is 5.74. The lowest BCUT2D eigenvalue weighted by molar-refractivity contribution is 0.0636. The number of rotatable bonds is 3. The van der Waals surface area contributed by atoms with Gasteiger partial charge in [-0.15, -0.1) is 0 Å². The summed E-state index contributed by atoms with van der Waals surface area (Å²) in [6.45, 7) is 6.24. The molecule has 1 fully saturated rings. The van der Waals surface area contributed by atoms with E-state index in [0.29, 0.717) is 11.8 Å². The van der Waals surface area contributed by atoms with Crippen LogP contribution in [0.1, 0.15) is 38.7 Å². The van der Waals surface area contributed by atoms with Gasteiger partial charge in [0.2, 0.25) is 0 Å². The molecule has 5 heteroatoms. The summed E-state index contributed by atoms with van der Waals surface area (Å²) in [7, 11) is 0. The zero-order valence-electron chi connectivity index (χ0n) is 12.1. The minimum absolute atomic E-state index is 0.443. The number of amides is 1. The Morgan fingerprint density at radius 3 is 2.75 bits per heavy atom. The second-order valence-corrected chi connectivity index (χ2v) is 7.06. The van der Waals surface area contributed by atoms with E-state index in [-0.39, 0.29) is 0 Å². The molecule has 1 amide bonds. The molecule has 2 unspecified atom stereocenters. The van der Waals surface area contributed by atoms with E-state index in [0.717, 1.165) is 23.1 Å². The van der Waals surface area contributed by atoms with Crippen LogP contribution < -0.4 is 11.1 Å². The predicted octanol–water partition coefficient (Wildman–Crippen LogP) is 3.86. The lowest BCUT2D eigenvalue weighted by Crippen LogP contribution is -2.27. The summed E-state index contributed by atoms with van der Waals surface area (Å²) in [5, 5.41) is 2.78. The van der Waals surface area contributed by atoms with E-state index in [2.05, 4.69) is 27.3 Å². The second-order valence-electron chi connectivity index (χ2n) is 6.20. The van der Waals surface area contributed by atoms with Crippen molar-refractivity contribution < 1.29 is 9.53 Å². The first kappa shape index (κ1) is 15.3. The van der Waals surface area contributed by atoms with E-state index in [9.17, 15) is 4.79 Å². The molecular weight excluding hydrogens is 320 g/mol. The Morgan fingerprint density at radius 2 is 2.20 bits per heavy atom. The fraction of sp³-hybridized carbons (Fsp3) is 0.533. The molecule has 1 aromatic rings. The third-order valence-corrected chi connectivity index (χ3v) is 3.97. The van der Waals surface area contributed by atoms with Crippen molar-refractivity contribution >= 4 is 27.7 Å². The van der Waals surface area contributed by atoms with Crippen molar-refractivity contribution in [1.29, 1.82) is 0 Å². The summed E-state index contributed by atoms with van der Waals surface area (Å²) < 4.78 is 6.11. The number of hydrogen-bond donors (Lipinski definition) is 2. The first-order valence-corrected chi connectivity index (χ1v) is 7.59. The highest BCUT2D eigenvalue weighted by molar-refractivity contribution is 9.10. The highest BCUT2D eigenvalue weighted by Crippen LogP contribution is 2.47. The molecule has 3 N–H and O–H groups in total. The molecule has 2 rings (SSSR count). The van der Waals surface area contributed by atoms with Gasteiger partial charge in [-0.05, 0) is 79.2 Å². The number of carbonyl (C=O) groups is 1. The number of nitrogens with two attached hydrogens (primary N) is 1. The SMILES string of the molecule is CC(C)(C)OC(=O)Nc1cc(C2CC2CN)ccc1Br. The van der Waals surface area contributed by atoms with Gasteiger partial charge in [0.25, 0.3) is 0 Å². The predicted molar refractivity (Wildman–Crippen MR) is 83.9 cm³/mol. The molecule has 4 nitrogen and oxygen atoms in total. The van der Waals surface area contributed by atoms with Crippen LogP contribution in [-0.2, 0) is 4.74 Å². The Morgan fingerprint density at radius 1 is 1.50 bits per heavy atom. The number of hydrogen-bond acceptors (Lipinski definition) is 3. The maximum absolute atomic E-state index is 11.8. The van der Waals surface area contributed by atoms with Gasteiger partial charge in [0, 0.05) is 4.47 Å². The third-order valence-electron chi connectivity index (χ3n) is 3.28. The molecular formula is C15H21BrN2O2. The number of nitrogens with one attached hydrogen (secondary N) is 1. The van der Waals surface area contributed by atoms with Crippen LogP contribution in [0, 0.1) is 5.92 Å². The Labute approximate surface area is 128 Å². The number of anilines is 1. The lowest BCUT2D eigenvalue weighted by atomic mass is 10.1. The van der Waals surface area contributed by atoms with E-state index in [1.165, 1.54) is 5.56 Å². The Kier molecular flexibility index (Phi) is 4.39. The molecule has 0 radical (unpaired) electrons. The van der Waals surface area contributed by atoms with Gasteiger partial charge in [-0.2, -0.15) is 0 Å². The molecule has 20 heavy (non-hydrogen) atoms. The van der Waals surface area contributed by atoms with Gasteiger partial charge in [0.15, 0.2) is 0 Å². The van der Waals surface area contributed by atoms with Crippen molar-refractivity contribution in [3.63, 3.8) is 0 Å². The average molecular weight is 341 g/mol. The van der Waals surface area contributed by atoms with Crippen molar-refractivity contribution in [2.45, 2.75) is 38.7 Å². The van der Waals surface area contributed by atoms with Crippen molar-refractivity contribution in [3.05, 3.63) is 28.2 Å². The number of benzene rings is 1. The summed E-state index contributed by atoms with van der Waals surface area (Å²) in [5.74, 6) is 1.10. The molecule has 0 aliphatic heterocycles. The monoisotopic (exact) mass is 340 g/mol. The number of halogens is 1. The molecule has 1 aliphatic carbocycles. The zero-order chi connectivity index (χ0) is 14.9. The fourth-order valence-electron chi connectivity index (χ4n) is 2.20. The van der Waals surface area contributed by atoms with Gasteiger partial charge >= 0.3 is 6.09 Å². The topological polar surface area (TPSA) is 64.3 Å². The van der Waals surface area contributed by atoms with Gasteiger partial charge in [-0.1, -0.05) is 6.07 Å². The maximum atomic E-state index is 11.8. The Hall–Kier alpha value is -1.07. The van der Waals surface area contributed by atoms with E-state index in [4.69, 9.17) is 10.5 Å². The van der Waals surface area contributed by atoms with Gasteiger partial charge in [0.1, 0.15) is 5.60 Å². The van der Waals surface area contributed by atoms with Gasteiger partial charge in [0.05, 0.1) is 5.69 Å². The van der Waals surface area contributed by atoms with Crippen LogP contribution in [0.25, 0.3) is 0 Å². The quantitative estimate of drug-likeness (QED) is 0.877. The van der Waals surface area contributed by atoms with Crippen LogP contribution in [0.5, 0.6) is 0 Å². The molecule has 0 aromatic heterocycles. The minimum Gasteiger partial charge on any atom is -0.444 e. The van der Waals surface area contributed by atoms with Crippen LogP contribution in [0.15, 0.2) is 22.7 Å². The molecule has 0 heterocycles. The molecule has 1 aliphatic rings. The van der Waals surface area contributed by atoms with E-state index in [1.54, 1.807) is 0 Å². The number of carbonyl (C=O) groups excluding carboxylic acids is 1. The smallest absolute Gasteiger partial charge is 0.412 e. The Bertz CT molecular complexity index is 511. The molecule has 1 aromatic carbocycles. The standard InChI is InChI=1S/C15H21BrN2O2/c1-15(2,3)20-14(19)18-13-7-9(4-5-12(13)16)11-6-10(11)8-17/h4-5,7,10-11H,6,8,17H2,1-3H3,(H,18,19). The molecule has 1 saturated carbocycles. The maximum Gasteiger partial charge on any atom is 0.412 e. The summed E-state index contributed by atoms with van der Waals surface area (Å²) in [6, 6.07) is 6.02. The van der Waals surface area contributed by atoms with Crippen LogP contribution >= 0.6 is 15.9 Å². The van der Waals surface area contributed by atoms with Crippen molar-refractivity contribution in [2.24, 2.45) is 11.7 Å². The van der Waals surface area contributed by atoms with E-state index < -0.39 is 11.7 Å². The zero-order valence-corrected chi connectivity index (χ0v) is 13.7. The van der Waals surface area contributed by atoms with Crippen molar-refractivity contribution in [3.8, 4) is 0 Å². The lowest BCUT2D eigenvalue weighted by Gasteiger charge is -2.20. The number of ether oxygens (including phenoxy) is 1. The summed E-state index contributed by atoms with van der Waals surface area (Å²) in [6.07, 6.45) is 0.686. The van der Waals surface area contributed by atoms with Gasteiger partial charge in [-0.25, -0.2) is 4.79 Å². The first-order chi connectivity index (χ1) is 9.30. The minimum atomic E-state index is -0.505. The normalized spacial score (nSPS) is 21.4.